The first-order valence-corrected chi connectivity index (χ1v) is 5.71. The third-order valence-corrected chi connectivity index (χ3v) is 3.41. The van der Waals surface area contributed by atoms with Crippen molar-refractivity contribution < 1.29 is 10.2 Å². The van der Waals surface area contributed by atoms with Crippen molar-refractivity contribution in [2.75, 3.05) is 0 Å². The van der Waals surface area contributed by atoms with E-state index in [0.29, 0.717) is 23.1 Å². The van der Waals surface area contributed by atoms with Crippen LogP contribution in [0.15, 0.2) is 18.2 Å². The number of rotatable bonds is 0. The second kappa shape index (κ2) is 3.48. The van der Waals surface area contributed by atoms with Crippen molar-refractivity contribution in [2.24, 2.45) is 0 Å². The molecule has 3 rings (SSSR count). The zero-order valence-electron chi connectivity index (χ0n) is 9.33. The van der Waals surface area contributed by atoms with Crippen LogP contribution >= 0.6 is 0 Å². The van der Waals surface area contributed by atoms with Gasteiger partial charge in [-0.1, -0.05) is 18.2 Å². The Hall–Kier alpha value is -2.03. The van der Waals surface area contributed by atoms with E-state index in [0.717, 1.165) is 18.4 Å². The molecule has 3 N–H and O–H groups in total. The number of hydrogen-bond acceptors (Lipinski definition) is 3. The van der Waals surface area contributed by atoms with Gasteiger partial charge in [-0.15, -0.1) is 0 Å². The topological polar surface area (TPSA) is 64.3 Å². The number of nitrogens with one attached hydrogen (secondary N) is 1. The van der Waals surface area contributed by atoms with Gasteiger partial charge in [0.25, 0.3) is 0 Å². The lowest BCUT2D eigenvalue weighted by Gasteiger charge is -2.22. The lowest BCUT2D eigenvalue weighted by molar-refractivity contribution is 0.446. The van der Waals surface area contributed by atoms with E-state index in [1.165, 1.54) is 0 Å². The second-order valence-corrected chi connectivity index (χ2v) is 4.40. The summed E-state index contributed by atoms with van der Waals surface area (Å²) in [5.74, 6) is 0.393. The summed E-state index contributed by atoms with van der Waals surface area (Å²) < 4.78 is 0. The summed E-state index contributed by atoms with van der Waals surface area (Å²) >= 11 is 0. The largest absolute Gasteiger partial charge is 0.507 e. The fourth-order valence-corrected chi connectivity index (χ4v) is 2.58. The number of phenolic OH excluding ortho intramolecular Hbond substituents is 2. The Bertz CT molecular complexity index is 583. The fraction of sp³-hybridized carbons (Fsp3) is 0.214. The molecule has 0 saturated heterocycles. The lowest BCUT2D eigenvalue weighted by Crippen LogP contribution is -2.10. The molecule has 1 aromatic rings. The van der Waals surface area contributed by atoms with Crippen molar-refractivity contribution in [3.63, 3.8) is 0 Å². The van der Waals surface area contributed by atoms with Crippen LogP contribution in [0.3, 0.4) is 0 Å². The van der Waals surface area contributed by atoms with Crippen molar-refractivity contribution in [1.29, 1.82) is 5.41 Å². The van der Waals surface area contributed by atoms with Gasteiger partial charge < -0.3 is 15.6 Å². The number of fused-ring (bicyclic) bond motifs is 2. The third-order valence-electron chi connectivity index (χ3n) is 3.41. The normalized spacial score (nSPS) is 16.8. The van der Waals surface area contributed by atoms with E-state index in [4.69, 9.17) is 5.41 Å². The van der Waals surface area contributed by atoms with Crippen molar-refractivity contribution >= 4 is 11.8 Å². The molecular weight excluding hydrogens is 214 g/mol. The van der Waals surface area contributed by atoms with Crippen molar-refractivity contribution in [2.45, 2.75) is 19.3 Å². The van der Waals surface area contributed by atoms with Crippen LogP contribution in [0.25, 0.3) is 6.08 Å². The van der Waals surface area contributed by atoms with E-state index >= 15 is 0 Å². The van der Waals surface area contributed by atoms with Crippen molar-refractivity contribution in [3.05, 3.63) is 40.5 Å². The summed E-state index contributed by atoms with van der Waals surface area (Å²) in [5.41, 5.74) is 2.92. The summed E-state index contributed by atoms with van der Waals surface area (Å²) in [4.78, 5) is 0. The number of allylic oxidation sites excluding steroid dienone is 3. The average molecular weight is 227 g/mol. The SMILES string of the molecule is N=C1C=CCc2c(O)c3c(c(O)c21)C=CCC3. The Morgan fingerprint density at radius 3 is 2.65 bits per heavy atom. The van der Waals surface area contributed by atoms with E-state index in [-0.39, 0.29) is 17.2 Å². The van der Waals surface area contributed by atoms with Crippen LogP contribution in [-0.4, -0.2) is 15.9 Å². The van der Waals surface area contributed by atoms with Crippen LogP contribution in [-0.2, 0) is 12.8 Å². The van der Waals surface area contributed by atoms with Gasteiger partial charge in [0.1, 0.15) is 11.5 Å². The smallest absolute Gasteiger partial charge is 0.132 e. The summed E-state index contributed by atoms with van der Waals surface area (Å²) in [5, 5.41) is 28.3. The third kappa shape index (κ3) is 1.32. The molecule has 3 heteroatoms. The molecule has 0 aromatic heterocycles. The van der Waals surface area contributed by atoms with Gasteiger partial charge in [0.15, 0.2) is 0 Å². The minimum Gasteiger partial charge on any atom is -0.507 e. The molecule has 0 radical (unpaired) electrons. The first-order valence-electron chi connectivity index (χ1n) is 5.71. The molecular formula is C14H13NO2. The number of phenols is 2. The van der Waals surface area contributed by atoms with Crippen LogP contribution in [0.1, 0.15) is 28.7 Å². The summed E-state index contributed by atoms with van der Waals surface area (Å²) in [6.45, 7) is 0. The number of hydrogen-bond donors (Lipinski definition) is 3. The van der Waals surface area contributed by atoms with Crippen molar-refractivity contribution in [1.82, 2.24) is 0 Å². The summed E-state index contributed by atoms with van der Waals surface area (Å²) in [6.07, 6.45) is 9.53. The molecule has 1 aromatic carbocycles. The zero-order valence-corrected chi connectivity index (χ0v) is 9.33. The van der Waals surface area contributed by atoms with Crippen LogP contribution in [0.5, 0.6) is 11.5 Å². The van der Waals surface area contributed by atoms with E-state index in [1.807, 2.05) is 18.2 Å². The van der Waals surface area contributed by atoms with Gasteiger partial charge >= 0.3 is 0 Å². The molecule has 0 atom stereocenters. The Morgan fingerprint density at radius 1 is 1.00 bits per heavy atom. The number of benzene rings is 1. The Labute approximate surface area is 99.2 Å². The predicted molar refractivity (Wildman–Crippen MR) is 66.8 cm³/mol. The Kier molecular flexibility index (Phi) is 2.08. The van der Waals surface area contributed by atoms with Gasteiger partial charge in [0.2, 0.25) is 0 Å². The number of aromatic hydroxyl groups is 2. The van der Waals surface area contributed by atoms with Gasteiger partial charge in [-0.2, -0.15) is 0 Å². The standard InChI is InChI=1S/C14H13NO2/c15-11-7-3-6-10-12(11)14(17)9-5-2-1-4-8(9)13(10)16/h2-3,5,7,15-17H,1,4,6H2. The highest BCUT2D eigenvalue weighted by Gasteiger charge is 2.25. The summed E-state index contributed by atoms with van der Waals surface area (Å²) in [6, 6.07) is 0. The molecule has 3 nitrogen and oxygen atoms in total. The van der Waals surface area contributed by atoms with Crippen molar-refractivity contribution in [3.8, 4) is 11.5 Å². The van der Waals surface area contributed by atoms with Crippen LogP contribution in [0.4, 0.5) is 0 Å². The maximum atomic E-state index is 10.2. The molecule has 0 spiro atoms. The van der Waals surface area contributed by atoms with Crippen LogP contribution < -0.4 is 0 Å². The molecule has 0 fully saturated rings. The fourth-order valence-electron chi connectivity index (χ4n) is 2.58. The lowest BCUT2D eigenvalue weighted by atomic mass is 9.85. The Morgan fingerprint density at radius 2 is 1.82 bits per heavy atom. The van der Waals surface area contributed by atoms with E-state index < -0.39 is 0 Å². The molecule has 0 saturated carbocycles. The molecule has 0 aliphatic heterocycles. The molecule has 2 aliphatic rings. The van der Waals surface area contributed by atoms with E-state index in [9.17, 15) is 10.2 Å². The average Bonchev–Trinajstić information content (AvgIpc) is 2.36. The van der Waals surface area contributed by atoms with Crippen LogP contribution in [0, 0.1) is 5.41 Å². The maximum absolute atomic E-state index is 10.2. The van der Waals surface area contributed by atoms with E-state index in [2.05, 4.69) is 0 Å². The molecule has 0 heterocycles. The minimum absolute atomic E-state index is 0.137. The quantitative estimate of drug-likeness (QED) is 0.596. The summed E-state index contributed by atoms with van der Waals surface area (Å²) in [7, 11) is 0. The second-order valence-electron chi connectivity index (χ2n) is 4.40. The molecule has 2 aliphatic carbocycles. The zero-order chi connectivity index (χ0) is 12.0. The van der Waals surface area contributed by atoms with Gasteiger partial charge in [-0.25, -0.2) is 0 Å². The molecule has 0 amide bonds. The first-order chi connectivity index (χ1) is 8.20. The maximum Gasteiger partial charge on any atom is 0.132 e. The highest BCUT2D eigenvalue weighted by atomic mass is 16.3. The first kappa shape index (κ1) is 10.1. The van der Waals surface area contributed by atoms with Crippen LogP contribution in [0.2, 0.25) is 0 Å². The molecule has 17 heavy (non-hydrogen) atoms. The monoisotopic (exact) mass is 227 g/mol. The van der Waals surface area contributed by atoms with Gasteiger partial charge in [0, 0.05) is 22.3 Å². The minimum atomic E-state index is 0.137. The molecule has 0 bridgehead atoms. The predicted octanol–water partition coefficient (Wildman–Crippen LogP) is 2.54. The van der Waals surface area contributed by atoms with Gasteiger partial charge in [-0.3, -0.25) is 0 Å². The highest BCUT2D eigenvalue weighted by Crippen LogP contribution is 2.42. The van der Waals surface area contributed by atoms with Gasteiger partial charge in [0.05, 0.1) is 5.71 Å². The Balaban J connectivity index is 2.37. The van der Waals surface area contributed by atoms with E-state index in [1.54, 1.807) is 6.08 Å². The molecule has 0 unspecified atom stereocenters. The highest BCUT2D eigenvalue weighted by molar-refractivity contribution is 6.11. The molecule has 86 valence electrons. The van der Waals surface area contributed by atoms with Gasteiger partial charge in [-0.05, 0) is 25.3 Å².